The van der Waals surface area contributed by atoms with Crippen LogP contribution in [-0.2, 0) is 9.53 Å². The number of carbonyl (C=O) groups excluding carboxylic acids is 1. The molecule has 3 rings (SSSR count). The zero-order chi connectivity index (χ0) is 15.8. The van der Waals surface area contributed by atoms with Gasteiger partial charge in [0.25, 0.3) is 0 Å². The molecule has 0 saturated carbocycles. The van der Waals surface area contributed by atoms with Gasteiger partial charge in [-0.25, -0.2) is 0 Å². The lowest BCUT2D eigenvalue weighted by Gasteiger charge is -2.47. The molecule has 1 saturated heterocycles. The van der Waals surface area contributed by atoms with E-state index in [1.165, 1.54) is 0 Å². The van der Waals surface area contributed by atoms with Gasteiger partial charge < -0.3 is 9.64 Å². The molecule has 1 aromatic heterocycles. The third-order valence-corrected chi connectivity index (χ3v) is 4.37. The van der Waals surface area contributed by atoms with E-state index in [9.17, 15) is 10.1 Å². The summed E-state index contributed by atoms with van der Waals surface area (Å²) >= 11 is 0. The number of pyridine rings is 1. The number of morpholine rings is 1. The lowest BCUT2D eigenvalue weighted by atomic mass is 9.69. The van der Waals surface area contributed by atoms with Gasteiger partial charge in [-0.05, 0) is 24.6 Å². The van der Waals surface area contributed by atoms with Gasteiger partial charge in [0.2, 0.25) is 0 Å². The highest BCUT2D eigenvalue weighted by Gasteiger charge is 2.48. The van der Waals surface area contributed by atoms with E-state index in [1.54, 1.807) is 18.5 Å². The van der Waals surface area contributed by atoms with Crippen LogP contribution in [0.3, 0.4) is 0 Å². The Kier molecular flexibility index (Phi) is 3.50. The highest BCUT2D eigenvalue weighted by Crippen LogP contribution is 2.41. The van der Waals surface area contributed by atoms with Crippen molar-refractivity contribution in [3.05, 3.63) is 36.2 Å². The number of hydrogen-bond donors (Lipinski definition) is 0. The maximum Gasteiger partial charge on any atom is 0.178 e. The van der Waals surface area contributed by atoms with Crippen LogP contribution in [0.4, 0.5) is 5.69 Å². The van der Waals surface area contributed by atoms with E-state index in [2.05, 4.69) is 9.88 Å². The largest absolute Gasteiger partial charge is 0.367 e. The van der Waals surface area contributed by atoms with Crippen molar-refractivity contribution in [3.63, 3.8) is 0 Å². The van der Waals surface area contributed by atoms with E-state index in [0.717, 1.165) is 12.2 Å². The normalized spacial score (nSPS) is 27.4. The van der Waals surface area contributed by atoms with Gasteiger partial charge in [0.15, 0.2) is 5.78 Å². The predicted molar refractivity (Wildman–Crippen MR) is 82.2 cm³/mol. The molecule has 1 unspecified atom stereocenters. The smallest absolute Gasteiger partial charge is 0.178 e. The molecule has 0 aromatic carbocycles. The first-order valence-corrected chi connectivity index (χ1v) is 7.43. The maximum absolute atomic E-state index is 12.3. The molecular formula is C17H19N3O2. The quantitative estimate of drug-likeness (QED) is 0.794. The second-order valence-corrected chi connectivity index (χ2v) is 6.60. The summed E-state index contributed by atoms with van der Waals surface area (Å²) in [6, 6.07) is 5.97. The molecule has 22 heavy (non-hydrogen) atoms. The molecule has 5 nitrogen and oxygen atoms in total. The van der Waals surface area contributed by atoms with Crippen LogP contribution in [0.15, 0.2) is 36.2 Å². The van der Waals surface area contributed by atoms with Gasteiger partial charge in [0.05, 0.1) is 18.7 Å². The van der Waals surface area contributed by atoms with Crippen LogP contribution in [0.1, 0.15) is 20.3 Å². The zero-order valence-corrected chi connectivity index (χ0v) is 12.9. The molecule has 0 radical (unpaired) electrons. The maximum atomic E-state index is 12.3. The van der Waals surface area contributed by atoms with Gasteiger partial charge >= 0.3 is 0 Å². The number of rotatable bonds is 1. The number of aromatic nitrogens is 1. The van der Waals surface area contributed by atoms with Crippen LogP contribution in [0, 0.1) is 16.7 Å². The summed E-state index contributed by atoms with van der Waals surface area (Å²) in [6.45, 7) is 5.77. The number of ketones is 1. The summed E-state index contributed by atoms with van der Waals surface area (Å²) in [4.78, 5) is 18.6. The number of Topliss-reactive ketones (excluding diaryl/α,β-unsaturated/α-hetero) is 1. The monoisotopic (exact) mass is 297 g/mol. The Balaban J connectivity index is 1.94. The average molecular weight is 297 g/mol. The molecule has 0 bridgehead atoms. The van der Waals surface area contributed by atoms with E-state index >= 15 is 0 Å². The minimum atomic E-state index is -0.582. The van der Waals surface area contributed by atoms with E-state index in [0.29, 0.717) is 19.6 Å². The van der Waals surface area contributed by atoms with Crippen LogP contribution in [0.25, 0.3) is 0 Å². The summed E-state index contributed by atoms with van der Waals surface area (Å²) in [5.41, 5.74) is 0.137. The number of allylic oxidation sites excluding steroid dienone is 1. The Morgan fingerprint density at radius 2 is 2.09 bits per heavy atom. The molecule has 2 heterocycles. The number of nitriles is 1. The minimum Gasteiger partial charge on any atom is -0.367 e. The molecule has 114 valence electrons. The fourth-order valence-corrected chi connectivity index (χ4v) is 3.43. The Morgan fingerprint density at radius 3 is 2.77 bits per heavy atom. The fourth-order valence-electron chi connectivity index (χ4n) is 3.43. The van der Waals surface area contributed by atoms with Crippen molar-refractivity contribution in [1.29, 1.82) is 5.26 Å². The van der Waals surface area contributed by atoms with Crippen molar-refractivity contribution in [2.24, 2.45) is 5.41 Å². The van der Waals surface area contributed by atoms with Gasteiger partial charge in [0, 0.05) is 30.0 Å². The number of carbonyl (C=O) groups is 1. The van der Waals surface area contributed by atoms with Crippen molar-refractivity contribution < 1.29 is 9.53 Å². The third kappa shape index (κ3) is 2.51. The number of ether oxygens (including phenoxy) is 1. The first-order valence-electron chi connectivity index (χ1n) is 7.43. The molecule has 1 spiro atoms. The van der Waals surface area contributed by atoms with Gasteiger partial charge in [-0.3, -0.25) is 9.78 Å². The van der Waals surface area contributed by atoms with Crippen molar-refractivity contribution in [2.45, 2.75) is 25.9 Å². The van der Waals surface area contributed by atoms with Crippen LogP contribution in [0.5, 0.6) is 0 Å². The average Bonchev–Trinajstić information content (AvgIpc) is 2.51. The van der Waals surface area contributed by atoms with Gasteiger partial charge in [-0.15, -0.1) is 0 Å². The van der Waals surface area contributed by atoms with Gasteiger partial charge in [0.1, 0.15) is 11.7 Å². The molecule has 1 aromatic rings. The standard InChI is InChI=1S/C17H19N3O2/c1-16(2)11-17(9-13(10-18)15(16)21)12-20(7-8-22-17)14-3-5-19-6-4-14/h3-6,9H,7-8,11-12H2,1-2H3. The van der Waals surface area contributed by atoms with Crippen molar-refractivity contribution in [3.8, 4) is 6.07 Å². The summed E-state index contributed by atoms with van der Waals surface area (Å²) in [7, 11) is 0. The van der Waals surface area contributed by atoms with E-state index in [4.69, 9.17) is 4.74 Å². The van der Waals surface area contributed by atoms with E-state index in [-0.39, 0.29) is 11.4 Å². The lowest BCUT2D eigenvalue weighted by Crippen LogP contribution is -2.55. The minimum absolute atomic E-state index is 0.0924. The number of hydrogen-bond acceptors (Lipinski definition) is 5. The number of nitrogens with zero attached hydrogens (tertiary/aromatic N) is 3. The molecule has 1 fully saturated rings. The molecule has 2 aliphatic rings. The van der Waals surface area contributed by atoms with Gasteiger partial charge in [-0.2, -0.15) is 5.26 Å². The molecule has 0 N–H and O–H groups in total. The molecule has 1 aliphatic carbocycles. The molecule has 0 amide bonds. The highest BCUT2D eigenvalue weighted by molar-refractivity contribution is 6.04. The second-order valence-electron chi connectivity index (χ2n) is 6.60. The first-order chi connectivity index (χ1) is 10.5. The summed E-state index contributed by atoms with van der Waals surface area (Å²) in [6.07, 6.45) is 5.85. The first kappa shape index (κ1) is 14.7. The molecular weight excluding hydrogens is 278 g/mol. The molecule has 1 atom stereocenters. The van der Waals surface area contributed by atoms with Crippen molar-refractivity contribution in [1.82, 2.24) is 4.98 Å². The Hall–Kier alpha value is -2.19. The third-order valence-electron chi connectivity index (χ3n) is 4.37. The summed E-state index contributed by atoms with van der Waals surface area (Å²) in [5, 5.41) is 9.27. The van der Waals surface area contributed by atoms with Crippen LogP contribution >= 0.6 is 0 Å². The Labute approximate surface area is 130 Å². The van der Waals surface area contributed by atoms with E-state index in [1.807, 2.05) is 32.0 Å². The Bertz CT molecular complexity index is 660. The van der Waals surface area contributed by atoms with E-state index < -0.39 is 11.0 Å². The fraction of sp³-hybridized carbons (Fsp3) is 0.471. The molecule has 5 heteroatoms. The van der Waals surface area contributed by atoms with Crippen LogP contribution < -0.4 is 4.90 Å². The second kappa shape index (κ2) is 5.22. The summed E-state index contributed by atoms with van der Waals surface area (Å²) in [5.74, 6) is -0.0924. The highest BCUT2D eigenvalue weighted by atomic mass is 16.5. The van der Waals surface area contributed by atoms with Gasteiger partial charge in [-0.1, -0.05) is 13.8 Å². The molecule has 1 aliphatic heterocycles. The Morgan fingerprint density at radius 1 is 1.36 bits per heavy atom. The predicted octanol–water partition coefficient (Wildman–Crippen LogP) is 2.11. The summed E-state index contributed by atoms with van der Waals surface area (Å²) < 4.78 is 6.04. The number of anilines is 1. The lowest BCUT2D eigenvalue weighted by molar-refractivity contribution is -0.130. The SMILES string of the molecule is CC1(C)CC2(C=C(C#N)C1=O)CN(c1ccncc1)CCO2. The topological polar surface area (TPSA) is 66.2 Å². The van der Waals surface area contributed by atoms with Crippen molar-refractivity contribution in [2.75, 3.05) is 24.6 Å². The van der Waals surface area contributed by atoms with Crippen LogP contribution in [0.2, 0.25) is 0 Å². The zero-order valence-electron chi connectivity index (χ0n) is 12.9. The van der Waals surface area contributed by atoms with Crippen LogP contribution in [-0.4, -0.2) is 36.1 Å². The van der Waals surface area contributed by atoms with Crippen molar-refractivity contribution >= 4 is 11.5 Å².